The maximum absolute atomic E-state index is 12.4. The summed E-state index contributed by atoms with van der Waals surface area (Å²) >= 11 is 0. The lowest BCUT2D eigenvalue weighted by Gasteiger charge is -2.37. The van der Waals surface area contributed by atoms with E-state index in [1.165, 1.54) is 4.90 Å². The zero-order chi connectivity index (χ0) is 16.0. The summed E-state index contributed by atoms with van der Waals surface area (Å²) in [7, 11) is 1.68. The van der Waals surface area contributed by atoms with Gasteiger partial charge in [0.15, 0.2) is 0 Å². The highest BCUT2D eigenvalue weighted by Gasteiger charge is 2.30. The molecule has 0 aromatic carbocycles. The summed E-state index contributed by atoms with van der Waals surface area (Å²) in [4.78, 5) is 30.2. The molecule has 0 unspecified atom stereocenters. The maximum atomic E-state index is 12.4. The van der Waals surface area contributed by atoms with Crippen molar-refractivity contribution in [2.45, 2.75) is 32.7 Å². The fraction of sp³-hybridized carbons (Fsp3) is 0.533. The summed E-state index contributed by atoms with van der Waals surface area (Å²) in [5.41, 5.74) is 0.547. The SMILES string of the molecule is CN(CCc1ccncc1)C(=O)N(CC(=O)O)C(C)(C)C. The van der Waals surface area contributed by atoms with Gasteiger partial charge < -0.3 is 14.9 Å². The van der Waals surface area contributed by atoms with Gasteiger partial charge >= 0.3 is 12.0 Å². The van der Waals surface area contributed by atoms with Crippen molar-refractivity contribution in [3.05, 3.63) is 30.1 Å². The van der Waals surface area contributed by atoms with Crippen LogP contribution in [0.1, 0.15) is 26.3 Å². The first kappa shape index (κ1) is 16.9. The van der Waals surface area contributed by atoms with Gasteiger partial charge in [0.2, 0.25) is 0 Å². The number of pyridine rings is 1. The Morgan fingerprint density at radius 1 is 1.24 bits per heavy atom. The number of carboxylic acids is 1. The molecule has 1 aromatic rings. The van der Waals surface area contributed by atoms with Gasteiger partial charge in [-0.3, -0.25) is 9.78 Å². The number of carbonyl (C=O) groups excluding carboxylic acids is 1. The molecule has 0 spiro atoms. The monoisotopic (exact) mass is 293 g/mol. The highest BCUT2D eigenvalue weighted by atomic mass is 16.4. The van der Waals surface area contributed by atoms with E-state index in [2.05, 4.69) is 4.98 Å². The molecule has 1 aromatic heterocycles. The predicted molar refractivity (Wildman–Crippen MR) is 80.1 cm³/mol. The highest BCUT2D eigenvalue weighted by molar-refractivity contribution is 5.80. The molecule has 0 aliphatic heterocycles. The van der Waals surface area contributed by atoms with Gasteiger partial charge in [0.25, 0.3) is 0 Å². The average Bonchev–Trinajstić information content (AvgIpc) is 2.41. The molecule has 6 heteroatoms. The zero-order valence-electron chi connectivity index (χ0n) is 13.0. The third-order valence-corrected chi connectivity index (χ3v) is 3.15. The summed E-state index contributed by atoms with van der Waals surface area (Å²) in [5.74, 6) is -1.01. The molecule has 0 radical (unpaired) electrons. The van der Waals surface area contributed by atoms with Gasteiger partial charge in [0.1, 0.15) is 6.54 Å². The van der Waals surface area contributed by atoms with Gasteiger partial charge in [-0.1, -0.05) is 0 Å². The first-order valence-electron chi connectivity index (χ1n) is 6.85. The van der Waals surface area contributed by atoms with E-state index in [4.69, 9.17) is 5.11 Å². The molecule has 1 rings (SSSR count). The molecule has 0 saturated carbocycles. The van der Waals surface area contributed by atoms with Crippen LogP contribution in [0.3, 0.4) is 0 Å². The maximum Gasteiger partial charge on any atom is 0.323 e. The largest absolute Gasteiger partial charge is 0.480 e. The second-order valence-corrected chi connectivity index (χ2v) is 5.96. The van der Waals surface area contributed by atoms with Crippen molar-refractivity contribution < 1.29 is 14.7 Å². The molecule has 0 atom stereocenters. The standard InChI is InChI=1S/C15H23N3O3/c1-15(2,3)18(11-13(19)20)14(21)17(4)10-7-12-5-8-16-9-6-12/h5-6,8-9H,7,10-11H2,1-4H3,(H,19,20). The van der Waals surface area contributed by atoms with Gasteiger partial charge in [-0.2, -0.15) is 0 Å². The first-order chi connectivity index (χ1) is 9.71. The van der Waals surface area contributed by atoms with Crippen molar-refractivity contribution in [1.82, 2.24) is 14.8 Å². The van der Waals surface area contributed by atoms with Crippen molar-refractivity contribution >= 4 is 12.0 Å². The lowest BCUT2D eigenvalue weighted by Crippen LogP contribution is -2.53. The normalized spacial score (nSPS) is 11.0. The Morgan fingerprint density at radius 2 is 1.81 bits per heavy atom. The third-order valence-electron chi connectivity index (χ3n) is 3.15. The van der Waals surface area contributed by atoms with Crippen molar-refractivity contribution in [2.75, 3.05) is 20.1 Å². The molecule has 0 fully saturated rings. The molecule has 21 heavy (non-hydrogen) atoms. The van der Waals surface area contributed by atoms with Crippen molar-refractivity contribution in [1.29, 1.82) is 0 Å². The van der Waals surface area contributed by atoms with E-state index >= 15 is 0 Å². The molecule has 1 heterocycles. The fourth-order valence-corrected chi connectivity index (χ4v) is 1.87. The molecule has 1 N–H and O–H groups in total. The van der Waals surface area contributed by atoms with Crippen LogP contribution in [-0.2, 0) is 11.2 Å². The minimum atomic E-state index is -1.01. The second kappa shape index (κ2) is 7.06. The Hall–Kier alpha value is -2.11. The molecule has 6 nitrogen and oxygen atoms in total. The van der Waals surface area contributed by atoms with E-state index in [1.807, 2.05) is 32.9 Å². The summed E-state index contributed by atoms with van der Waals surface area (Å²) in [6.45, 7) is 5.69. The van der Waals surface area contributed by atoms with Crippen LogP contribution >= 0.6 is 0 Å². The Balaban J connectivity index is 2.68. The van der Waals surface area contributed by atoms with Crippen LogP contribution in [-0.4, -0.2) is 57.6 Å². The van der Waals surface area contributed by atoms with Crippen LogP contribution in [0.15, 0.2) is 24.5 Å². The zero-order valence-corrected chi connectivity index (χ0v) is 13.0. The molecule has 0 aliphatic carbocycles. The van der Waals surface area contributed by atoms with Crippen molar-refractivity contribution in [3.8, 4) is 0 Å². The van der Waals surface area contributed by atoms with Gasteiger partial charge in [-0.05, 0) is 44.9 Å². The van der Waals surface area contributed by atoms with E-state index in [0.717, 1.165) is 5.56 Å². The van der Waals surface area contributed by atoms with Crippen molar-refractivity contribution in [2.24, 2.45) is 0 Å². The minimum Gasteiger partial charge on any atom is -0.480 e. The molecular formula is C15H23N3O3. The van der Waals surface area contributed by atoms with Crippen LogP contribution in [0.25, 0.3) is 0 Å². The predicted octanol–water partition coefficient (Wildman–Crippen LogP) is 1.86. The number of nitrogens with zero attached hydrogens (tertiary/aromatic N) is 3. The van der Waals surface area contributed by atoms with Crippen molar-refractivity contribution in [3.63, 3.8) is 0 Å². The number of aliphatic carboxylic acids is 1. The first-order valence-corrected chi connectivity index (χ1v) is 6.85. The topological polar surface area (TPSA) is 73.7 Å². The number of hydrogen-bond donors (Lipinski definition) is 1. The second-order valence-electron chi connectivity index (χ2n) is 5.96. The molecule has 0 saturated heterocycles. The highest BCUT2D eigenvalue weighted by Crippen LogP contribution is 2.15. The smallest absolute Gasteiger partial charge is 0.323 e. The molecular weight excluding hydrogens is 270 g/mol. The Labute approximate surface area is 125 Å². The van der Waals surface area contributed by atoms with E-state index in [0.29, 0.717) is 13.0 Å². The molecule has 2 amide bonds. The lowest BCUT2D eigenvalue weighted by atomic mass is 10.1. The van der Waals surface area contributed by atoms with Crippen LogP contribution in [0, 0.1) is 0 Å². The molecule has 0 bridgehead atoms. The van der Waals surface area contributed by atoms with E-state index < -0.39 is 11.5 Å². The summed E-state index contributed by atoms with van der Waals surface area (Å²) < 4.78 is 0. The summed E-state index contributed by atoms with van der Waals surface area (Å²) in [5, 5.41) is 8.97. The third kappa shape index (κ3) is 5.41. The Morgan fingerprint density at radius 3 is 2.29 bits per heavy atom. The van der Waals surface area contributed by atoms with E-state index in [1.54, 1.807) is 24.3 Å². The Kier molecular flexibility index (Phi) is 5.69. The number of aromatic nitrogens is 1. The van der Waals surface area contributed by atoms with Gasteiger partial charge in [-0.15, -0.1) is 0 Å². The lowest BCUT2D eigenvalue weighted by molar-refractivity contribution is -0.138. The molecule has 0 aliphatic rings. The minimum absolute atomic E-state index is 0.279. The number of hydrogen-bond acceptors (Lipinski definition) is 3. The fourth-order valence-electron chi connectivity index (χ4n) is 1.87. The van der Waals surface area contributed by atoms with Gasteiger partial charge in [-0.25, -0.2) is 4.79 Å². The van der Waals surface area contributed by atoms with E-state index in [-0.39, 0.29) is 12.6 Å². The van der Waals surface area contributed by atoms with Crippen LogP contribution in [0.2, 0.25) is 0 Å². The number of likely N-dealkylation sites (N-methyl/N-ethyl adjacent to an activating group) is 1. The number of amides is 2. The number of rotatable bonds is 5. The average molecular weight is 293 g/mol. The van der Waals surface area contributed by atoms with Crippen LogP contribution in [0.4, 0.5) is 4.79 Å². The number of carboxylic acid groups (broad SMARTS) is 1. The van der Waals surface area contributed by atoms with Crippen LogP contribution in [0.5, 0.6) is 0 Å². The van der Waals surface area contributed by atoms with Crippen LogP contribution < -0.4 is 0 Å². The molecule has 116 valence electrons. The Bertz CT molecular complexity index is 483. The van der Waals surface area contributed by atoms with Gasteiger partial charge in [0, 0.05) is 31.5 Å². The number of urea groups is 1. The van der Waals surface area contributed by atoms with Gasteiger partial charge in [0.05, 0.1) is 0 Å². The van der Waals surface area contributed by atoms with E-state index in [9.17, 15) is 9.59 Å². The summed E-state index contributed by atoms with van der Waals surface area (Å²) in [6, 6.07) is 3.52. The quantitative estimate of drug-likeness (QED) is 0.899. The number of carbonyl (C=O) groups is 2. The summed E-state index contributed by atoms with van der Waals surface area (Å²) in [6.07, 6.45) is 4.13.